The second-order valence-electron chi connectivity index (χ2n) is 6.32. The molecule has 3 rings (SSSR count). The number of barbiturate groups is 1. The van der Waals surface area contributed by atoms with E-state index in [9.17, 15) is 14.4 Å². The summed E-state index contributed by atoms with van der Waals surface area (Å²) in [6, 6.07) is 11.6. The first-order valence-electron chi connectivity index (χ1n) is 9.07. The van der Waals surface area contributed by atoms with Crippen LogP contribution in [0.4, 0.5) is 16.2 Å². The Kier molecular flexibility index (Phi) is 6.54. The number of amides is 4. The van der Waals surface area contributed by atoms with Gasteiger partial charge in [0, 0.05) is 22.0 Å². The topological polar surface area (TPSA) is 69.7 Å². The predicted octanol–water partition coefficient (Wildman–Crippen LogP) is 4.72. The van der Waals surface area contributed by atoms with Gasteiger partial charge in [-0.1, -0.05) is 22.0 Å². The molecule has 1 heterocycles. The maximum Gasteiger partial charge on any atom is 0.335 e. The van der Waals surface area contributed by atoms with Gasteiger partial charge < -0.3 is 4.90 Å². The van der Waals surface area contributed by atoms with Crippen molar-refractivity contribution in [2.24, 2.45) is 0 Å². The summed E-state index contributed by atoms with van der Waals surface area (Å²) in [5.74, 6) is -1.37. The van der Waals surface area contributed by atoms with Gasteiger partial charge in [0.15, 0.2) is 0 Å². The van der Waals surface area contributed by atoms with Crippen molar-refractivity contribution in [2.45, 2.75) is 13.8 Å². The van der Waals surface area contributed by atoms with Crippen molar-refractivity contribution in [3.63, 3.8) is 0 Å². The van der Waals surface area contributed by atoms with E-state index < -0.39 is 17.8 Å². The van der Waals surface area contributed by atoms with Crippen LogP contribution in [0.1, 0.15) is 19.4 Å². The highest BCUT2D eigenvalue weighted by atomic mass is 79.9. The van der Waals surface area contributed by atoms with Crippen LogP contribution in [0.5, 0.6) is 0 Å². The van der Waals surface area contributed by atoms with E-state index >= 15 is 0 Å². The second-order valence-corrected chi connectivity index (χ2v) is 8.09. The summed E-state index contributed by atoms with van der Waals surface area (Å²) in [4.78, 5) is 40.7. The first-order valence-corrected chi connectivity index (χ1v) is 10.7. The van der Waals surface area contributed by atoms with Gasteiger partial charge in [-0.2, -0.15) is 0 Å². The van der Waals surface area contributed by atoms with E-state index in [4.69, 9.17) is 0 Å². The van der Waals surface area contributed by atoms with Crippen LogP contribution in [-0.2, 0) is 9.59 Å². The van der Waals surface area contributed by atoms with Crippen molar-refractivity contribution in [3.8, 4) is 0 Å². The van der Waals surface area contributed by atoms with Gasteiger partial charge in [0.05, 0.1) is 11.4 Å². The number of hydrogen-bond donors (Lipinski definition) is 1. The van der Waals surface area contributed by atoms with Crippen LogP contribution in [0.3, 0.4) is 0 Å². The molecule has 150 valence electrons. The molecule has 0 atom stereocenters. The first-order chi connectivity index (χ1) is 13.8. The fraction of sp³-hybridized carbons (Fsp3) is 0.190. The number of carbonyl (C=O) groups is 3. The summed E-state index contributed by atoms with van der Waals surface area (Å²) in [5, 5.41) is 2.23. The lowest BCUT2D eigenvalue weighted by atomic mass is 10.1. The number of urea groups is 1. The van der Waals surface area contributed by atoms with Crippen molar-refractivity contribution in [1.82, 2.24) is 5.32 Å². The van der Waals surface area contributed by atoms with Crippen molar-refractivity contribution < 1.29 is 14.4 Å². The number of anilines is 2. The molecule has 0 aromatic heterocycles. The smallest absolute Gasteiger partial charge is 0.335 e. The standard InChI is InChI=1S/C21H19Br2N3O3/c1-3-25(4-2)18-10-5-13(12-17(18)23)11-16-19(27)24-21(29)26(20(16)28)15-8-6-14(22)7-9-15/h5-12H,3-4H2,1-2H3,(H,24,27,29)/b16-11+. The minimum atomic E-state index is -0.766. The lowest BCUT2D eigenvalue weighted by Gasteiger charge is -2.26. The van der Waals surface area contributed by atoms with E-state index in [2.05, 4.69) is 55.9 Å². The zero-order valence-electron chi connectivity index (χ0n) is 15.9. The third-order valence-corrected chi connectivity index (χ3v) is 5.74. The van der Waals surface area contributed by atoms with Gasteiger partial charge >= 0.3 is 6.03 Å². The number of nitrogens with zero attached hydrogens (tertiary/aromatic N) is 2. The highest BCUT2D eigenvalue weighted by Gasteiger charge is 2.36. The van der Waals surface area contributed by atoms with Crippen LogP contribution < -0.4 is 15.1 Å². The Morgan fingerprint density at radius 1 is 1.00 bits per heavy atom. The second kappa shape index (κ2) is 8.92. The minimum Gasteiger partial charge on any atom is -0.371 e. The average molecular weight is 521 g/mol. The third kappa shape index (κ3) is 4.43. The van der Waals surface area contributed by atoms with Crippen molar-refractivity contribution in [3.05, 3.63) is 62.5 Å². The van der Waals surface area contributed by atoms with Crippen LogP contribution in [0, 0.1) is 0 Å². The first kappa shape index (κ1) is 21.3. The molecular weight excluding hydrogens is 502 g/mol. The Morgan fingerprint density at radius 3 is 2.24 bits per heavy atom. The highest BCUT2D eigenvalue weighted by molar-refractivity contribution is 9.10. The van der Waals surface area contributed by atoms with E-state index in [-0.39, 0.29) is 5.57 Å². The van der Waals surface area contributed by atoms with Gasteiger partial charge in [-0.3, -0.25) is 14.9 Å². The molecule has 8 heteroatoms. The Morgan fingerprint density at radius 2 is 1.66 bits per heavy atom. The maximum atomic E-state index is 12.9. The summed E-state index contributed by atoms with van der Waals surface area (Å²) in [7, 11) is 0. The van der Waals surface area contributed by atoms with Gasteiger partial charge in [-0.25, -0.2) is 9.69 Å². The maximum absolute atomic E-state index is 12.9. The highest BCUT2D eigenvalue weighted by Crippen LogP contribution is 2.29. The molecule has 1 N–H and O–H groups in total. The molecule has 4 amide bonds. The van der Waals surface area contributed by atoms with Gasteiger partial charge in [0.2, 0.25) is 0 Å². The van der Waals surface area contributed by atoms with E-state index in [1.54, 1.807) is 24.3 Å². The molecule has 1 fully saturated rings. The molecule has 0 unspecified atom stereocenters. The fourth-order valence-corrected chi connectivity index (χ4v) is 3.99. The number of nitrogens with one attached hydrogen (secondary N) is 1. The number of halogens is 2. The van der Waals surface area contributed by atoms with Crippen LogP contribution >= 0.6 is 31.9 Å². The molecule has 0 bridgehead atoms. The summed E-state index contributed by atoms with van der Waals surface area (Å²) in [6.45, 7) is 5.87. The van der Waals surface area contributed by atoms with Crippen LogP contribution in [0.15, 0.2) is 57.0 Å². The summed E-state index contributed by atoms with van der Waals surface area (Å²) >= 11 is 6.88. The molecule has 6 nitrogen and oxygen atoms in total. The number of rotatable bonds is 5. The number of benzene rings is 2. The van der Waals surface area contributed by atoms with Gasteiger partial charge in [0.25, 0.3) is 11.8 Å². The molecule has 2 aromatic carbocycles. The Bertz CT molecular complexity index is 999. The minimum absolute atomic E-state index is 0.102. The Labute approximate surface area is 185 Å². The normalized spacial score (nSPS) is 15.7. The zero-order valence-corrected chi connectivity index (χ0v) is 19.1. The number of carbonyl (C=O) groups excluding carboxylic acids is 3. The van der Waals surface area contributed by atoms with E-state index in [0.717, 1.165) is 32.6 Å². The number of hydrogen-bond acceptors (Lipinski definition) is 4. The van der Waals surface area contributed by atoms with Crippen LogP contribution in [0.2, 0.25) is 0 Å². The predicted molar refractivity (Wildman–Crippen MR) is 121 cm³/mol. The summed E-state index contributed by atoms with van der Waals surface area (Å²) < 4.78 is 1.68. The van der Waals surface area contributed by atoms with Gasteiger partial charge in [-0.05, 0) is 77.8 Å². The van der Waals surface area contributed by atoms with Crippen LogP contribution in [-0.4, -0.2) is 30.9 Å². The molecule has 0 spiro atoms. The van der Waals surface area contributed by atoms with Crippen molar-refractivity contribution >= 4 is 67.2 Å². The van der Waals surface area contributed by atoms with Crippen LogP contribution in [0.25, 0.3) is 6.08 Å². The molecule has 0 aliphatic carbocycles. The lowest BCUT2D eigenvalue weighted by Crippen LogP contribution is -2.54. The van der Waals surface area contributed by atoms with Gasteiger partial charge in [0.1, 0.15) is 5.57 Å². The van der Waals surface area contributed by atoms with Crippen molar-refractivity contribution in [2.75, 3.05) is 22.9 Å². The Balaban J connectivity index is 1.96. The number of imide groups is 2. The van der Waals surface area contributed by atoms with E-state index in [1.807, 2.05) is 18.2 Å². The molecular formula is C21H19Br2N3O3. The molecule has 1 saturated heterocycles. The third-order valence-electron chi connectivity index (χ3n) is 4.57. The van der Waals surface area contributed by atoms with E-state index in [0.29, 0.717) is 11.3 Å². The quantitative estimate of drug-likeness (QED) is 0.457. The van der Waals surface area contributed by atoms with E-state index in [1.165, 1.54) is 6.08 Å². The summed E-state index contributed by atoms with van der Waals surface area (Å²) in [6.07, 6.45) is 1.49. The molecule has 1 aliphatic rings. The fourth-order valence-electron chi connectivity index (χ4n) is 3.08. The molecule has 1 aliphatic heterocycles. The van der Waals surface area contributed by atoms with Gasteiger partial charge in [-0.15, -0.1) is 0 Å². The SMILES string of the molecule is CCN(CC)c1ccc(/C=C2\C(=O)NC(=O)N(c3ccc(Br)cc3)C2=O)cc1Br. The molecule has 2 aromatic rings. The van der Waals surface area contributed by atoms with Crippen molar-refractivity contribution in [1.29, 1.82) is 0 Å². The molecule has 0 saturated carbocycles. The average Bonchev–Trinajstić information content (AvgIpc) is 2.69. The zero-order chi connectivity index (χ0) is 21.1. The largest absolute Gasteiger partial charge is 0.371 e. The monoisotopic (exact) mass is 519 g/mol. The molecule has 29 heavy (non-hydrogen) atoms. The summed E-state index contributed by atoms with van der Waals surface area (Å²) in [5.41, 5.74) is 1.99. The molecule has 0 radical (unpaired) electrons. The Hall–Kier alpha value is -2.45. The lowest BCUT2D eigenvalue weighted by molar-refractivity contribution is -0.122.